The lowest BCUT2D eigenvalue weighted by atomic mass is 9.73. The van der Waals surface area contributed by atoms with E-state index in [0.717, 1.165) is 18.7 Å². The third-order valence-corrected chi connectivity index (χ3v) is 5.86. The second-order valence-corrected chi connectivity index (χ2v) is 7.34. The number of carboxylic acid groups (broad SMARTS) is 1. The first-order valence-corrected chi connectivity index (χ1v) is 9.16. The number of morpholine rings is 1. The van der Waals surface area contributed by atoms with Crippen LogP contribution in [-0.4, -0.2) is 86.4 Å². The topological polar surface area (TPSA) is 88.5 Å². The van der Waals surface area contributed by atoms with Gasteiger partial charge < -0.3 is 24.2 Å². The predicted molar refractivity (Wildman–Crippen MR) is 95.1 cm³/mol. The Kier molecular flexibility index (Phi) is 4.69. The highest BCUT2D eigenvalue weighted by Crippen LogP contribution is 2.52. The molecule has 1 aromatic carbocycles. The van der Waals surface area contributed by atoms with E-state index in [1.165, 1.54) is 0 Å². The summed E-state index contributed by atoms with van der Waals surface area (Å²) in [7, 11) is 1.56. The molecule has 0 saturated carbocycles. The number of carbonyl (C=O) groups excluding carboxylic acids is 1. The van der Waals surface area contributed by atoms with Crippen LogP contribution in [-0.2, 0) is 14.3 Å². The minimum Gasteiger partial charge on any atom is -0.493 e. The van der Waals surface area contributed by atoms with Gasteiger partial charge in [0.15, 0.2) is 11.5 Å². The van der Waals surface area contributed by atoms with E-state index in [4.69, 9.17) is 14.2 Å². The molecule has 3 heterocycles. The summed E-state index contributed by atoms with van der Waals surface area (Å²) in [6, 6.07) is 5.50. The van der Waals surface area contributed by atoms with Gasteiger partial charge in [0.1, 0.15) is 12.0 Å². The molecule has 0 aromatic heterocycles. The van der Waals surface area contributed by atoms with Gasteiger partial charge in [0, 0.05) is 37.7 Å². The van der Waals surface area contributed by atoms with Gasteiger partial charge in [-0.05, 0) is 6.07 Å². The molecule has 2 fully saturated rings. The smallest absolute Gasteiger partial charge is 0.315 e. The molecule has 0 bridgehead atoms. The standard InChI is InChI=1S/C19H24N2O6/c1-25-15-4-2-3-13-14-9-21(16(22)10-20-5-7-26-8-6-20)11-19(14,18(23)24)12-27-17(13)15/h2-4,14H,5-12H2,1H3,(H,23,24)/t14-,19-/m1/s1. The van der Waals surface area contributed by atoms with Crippen molar-refractivity contribution in [3.05, 3.63) is 23.8 Å². The Bertz CT molecular complexity index is 748. The number of hydrogen-bond acceptors (Lipinski definition) is 6. The zero-order valence-electron chi connectivity index (χ0n) is 15.3. The van der Waals surface area contributed by atoms with Crippen molar-refractivity contribution >= 4 is 11.9 Å². The maximum absolute atomic E-state index is 12.8. The number of carbonyl (C=O) groups is 2. The Morgan fingerprint density at radius 2 is 2.11 bits per heavy atom. The number of ether oxygens (including phenoxy) is 3. The molecule has 1 aromatic rings. The summed E-state index contributed by atoms with van der Waals surface area (Å²) >= 11 is 0. The van der Waals surface area contributed by atoms with Gasteiger partial charge in [-0.25, -0.2) is 0 Å². The lowest BCUT2D eigenvalue weighted by Crippen LogP contribution is -2.47. The predicted octanol–water partition coefficient (Wildman–Crippen LogP) is 0.417. The quantitative estimate of drug-likeness (QED) is 0.815. The van der Waals surface area contributed by atoms with Crippen LogP contribution >= 0.6 is 0 Å². The van der Waals surface area contributed by atoms with Gasteiger partial charge in [0.25, 0.3) is 0 Å². The van der Waals surface area contributed by atoms with Crippen LogP contribution in [0.15, 0.2) is 18.2 Å². The molecule has 27 heavy (non-hydrogen) atoms. The van der Waals surface area contributed by atoms with Gasteiger partial charge in [-0.1, -0.05) is 12.1 Å². The number of amides is 1. The van der Waals surface area contributed by atoms with Crippen LogP contribution < -0.4 is 9.47 Å². The second-order valence-electron chi connectivity index (χ2n) is 7.34. The molecular formula is C19H24N2O6. The normalized spacial score (nSPS) is 27.4. The van der Waals surface area contributed by atoms with Gasteiger partial charge in [-0.15, -0.1) is 0 Å². The molecule has 3 aliphatic rings. The molecule has 8 heteroatoms. The van der Waals surface area contributed by atoms with Crippen LogP contribution in [0.2, 0.25) is 0 Å². The van der Waals surface area contributed by atoms with Crippen molar-refractivity contribution in [2.45, 2.75) is 5.92 Å². The zero-order valence-corrected chi connectivity index (χ0v) is 15.3. The zero-order chi connectivity index (χ0) is 19.0. The number of rotatable bonds is 4. The van der Waals surface area contributed by atoms with Crippen molar-refractivity contribution in [1.29, 1.82) is 0 Å². The van der Waals surface area contributed by atoms with Crippen molar-refractivity contribution in [1.82, 2.24) is 9.80 Å². The van der Waals surface area contributed by atoms with E-state index in [1.54, 1.807) is 18.1 Å². The molecule has 1 amide bonds. The molecule has 0 unspecified atom stereocenters. The minimum atomic E-state index is -1.12. The Hall–Kier alpha value is -2.32. The molecule has 0 radical (unpaired) electrons. The Balaban J connectivity index is 1.59. The van der Waals surface area contributed by atoms with Crippen LogP contribution in [0.5, 0.6) is 11.5 Å². The lowest BCUT2D eigenvalue weighted by Gasteiger charge is -2.36. The van der Waals surface area contributed by atoms with E-state index >= 15 is 0 Å². The summed E-state index contributed by atoms with van der Waals surface area (Å²) in [5.41, 5.74) is -0.329. The van der Waals surface area contributed by atoms with Crippen molar-refractivity contribution < 1.29 is 28.9 Å². The first kappa shape index (κ1) is 18.1. The second kappa shape index (κ2) is 7.01. The summed E-state index contributed by atoms with van der Waals surface area (Å²) in [6.07, 6.45) is 0. The minimum absolute atomic E-state index is 0.0295. The van der Waals surface area contributed by atoms with Crippen molar-refractivity contribution in [2.24, 2.45) is 5.41 Å². The maximum Gasteiger partial charge on any atom is 0.315 e. The van der Waals surface area contributed by atoms with Crippen molar-refractivity contribution in [3.8, 4) is 11.5 Å². The van der Waals surface area contributed by atoms with E-state index in [1.807, 2.05) is 12.1 Å². The van der Waals surface area contributed by atoms with E-state index in [2.05, 4.69) is 4.90 Å². The number of methoxy groups -OCH3 is 1. The van der Waals surface area contributed by atoms with Crippen molar-refractivity contribution in [2.75, 3.05) is 59.7 Å². The van der Waals surface area contributed by atoms with Gasteiger partial charge in [0.2, 0.25) is 5.91 Å². The van der Waals surface area contributed by atoms with Crippen LogP contribution in [0.25, 0.3) is 0 Å². The molecule has 0 aliphatic carbocycles. The Labute approximate surface area is 157 Å². The number of benzene rings is 1. The molecule has 2 atom stereocenters. The Morgan fingerprint density at radius 1 is 1.33 bits per heavy atom. The maximum atomic E-state index is 12.8. The number of aliphatic carboxylic acids is 1. The summed E-state index contributed by atoms with van der Waals surface area (Å²) in [6.45, 7) is 3.53. The number of likely N-dealkylation sites (tertiary alicyclic amines) is 1. The van der Waals surface area contributed by atoms with E-state index in [-0.39, 0.29) is 31.5 Å². The number of hydrogen-bond donors (Lipinski definition) is 1. The number of carboxylic acids is 1. The van der Waals surface area contributed by atoms with Gasteiger partial charge in [-0.3, -0.25) is 14.5 Å². The van der Waals surface area contributed by atoms with Gasteiger partial charge in [-0.2, -0.15) is 0 Å². The van der Waals surface area contributed by atoms with Crippen LogP contribution in [0.3, 0.4) is 0 Å². The van der Waals surface area contributed by atoms with E-state index < -0.39 is 11.4 Å². The fraction of sp³-hybridized carbons (Fsp3) is 0.579. The molecular weight excluding hydrogens is 352 g/mol. The third kappa shape index (κ3) is 3.02. The summed E-state index contributed by atoms with van der Waals surface area (Å²) in [5, 5.41) is 10.00. The number of nitrogens with zero attached hydrogens (tertiary/aromatic N) is 2. The van der Waals surface area contributed by atoms with Crippen LogP contribution in [0.1, 0.15) is 11.5 Å². The Morgan fingerprint density at radius 3 is 2.81 bits per heavy atom. The SMILES string of the molecule is COc1cccc2c1OC[C@]1(C(=O)O)CN(C(=O)CN3CCOCC3)C[C@H]21. The van der Waals surface area contributed by atoms with Crippen LogP contribution in [0, 0.1) is 5.41 Å². The number of fused-ring (bicyclic) bond motifs is 3. The largest absolute Gasteiger partial charge is 0.493 e. The molecule has 2 saturated heterocycles. The average Bonchev–Trinajstić information content (AvgIpc) is 3.10. The fourth-order valence-corrected chi connectivity index (χ4v) is 4.30. The molecule has 4 rings (SSSR count). The molecule has 146 valence electrons. The average molecular weight is 376 g/mol. The monoisotopic (exact) mass is 376 g/mol. The summed E-state index contributed by atoms with van der Waals surface area (Å²) in [5.74, 6) is -0.115. The molecule has 0 spiro atoms. The molecule has 1 N–H and O–H groups in total. The third-order valence-electron chi connectivity index (χ3n) is 5.86. The fourth-order valence-electron chi connectivity index (χ4n) is 4.30. The molecule has 3 aliphatic heterocycles. The first-order chi connectivity index (χ1) is 13.0. The highest BCUT2D eigenvalue weighted by molar-refractivity contribution is 5.84. The van der Waals surface area contributed by atoms with Gasteiger partial charge >= 0.3 is 5.97 Å². The first-order valence-electron chi connectivity index (χ1n) is 9.16. The summed E-state index contributed by atoms with van der Waals surface area (Å²) in [4.78, 5) is 28.8. The van der Waals surface area contributed by atoms with Crippen molar-refractivity contribution in [3.63, 3.8) is 0 Å². The van der Waals surface area contributed by atoms with E-state index in [9.17, 15) is 14.7 Å². The highest BCUT2D eigenvalue weighted by Gasteiger charge is 2.58. The summed E-state index contributed by atoms with van der Waals surface area (Å²) < 4.78 is 16.5. The van der Waals surface area contributed by atoms with Gasteiger partial charge in [0.05, 0.1) is 26.9 Å². The molecule has 8 nitrogen and oxygen atoms in total. The highest BCUT2D eigenvalue weighted by atomic mass is 16.5. The van der Waals surface area contributed by atoms with Crippen LogP contribution in [0.4, 0.5) is 0 Å². The van der Waals surface area contributed by atoms with E-state index in [0.29, 0.717) is 31.3 Å². The lowest BCUT2D eigenvalue weighted by molar-refractivity contribution is -0.152. The number of para-hydroxylation sites is 1.